The Morgan fingerprint density at radius 2 is 1.38 bits per heavy atom. The van der Waals surface area contributed by atoms with Crippen molar-refractivity contribution in [3.05, 3.63) is 69.7 Å². The average molecular weight is 439 g/mol. The van der Waals surface area contributed by atoms with Gasteiger partial charge in [-0.1, -0.05) is 82.3 Å². The van der Waals surface area contributed by atoms with Crippen molar-refractivity contribution in [2.75, 3.05) is 0 Å². The minimum atomic E-state index is 0.741. The SMILES string of the molecule is Clc1ccc(CSc2nn3c(SCc4ccc(Cl)cc4)nnc3s2)cc1. The summed E-state index contributed by atoms with van der Waals surface area (Å²) in [6, 6.07) is 15.7. The Bertz CT molecular complexity index is 1010. The quantitative estimate of drug-likeness (QED) is 0.341. The van der Waals surface area contributed by atoms with Gasteiger partial charge in [-0.2, -0.15) is 4.52 Å². The summed E-state index contributed by atoms with van der Waals surface area (Å²) in [5.41, 5.74) is 2.39. The van der Waals surface area contributed by atoms with Crippen molar-refractivity contribution in [2.45, 2.75) is 21.0 Å². The number of hydrogen-bond donors (Lipinski definition) is 0. The standard InChI is InChI=1S/C17H12Cl2N4S3/c18-13-5-1-11(2-6-13)9-24-15-20-21-16-23(15)22-17(26-16)25-10-12-3-7-14(19)8-4-12/h1-8H,9-10H2. The second kappa shape index (κ2) is 8.19. The molecule has 0 saturated carbocycles. The van der Waals surface area contributed by atoms with Gasteiger partial charge in [0.05, 0.1) is 0 Å². The lowest BCUT2D eigenvalue weighted by molar-refractivity contribution is 0.793. The van der Waals surface area contributed by atoms with E-state index in [1.165, 1.54) is 11.1 Å². The molecule has 0 spiro atoms. The van der Waals surface area contributed by atoms with E-state index >= 15 is 0 Å². The molecule has 132 valence electrons. The zero-order valence-corrected chi connectivity index (χ0v) is 17.3. The first-order chi connectivity index (χ1) is 12.7. The first kappa shape index (κ1) is 18.1. The fourth-order valence-electron chi connectivity index (χ4n) is 2.18. The van der Waals surface area contributed by atoms with Crippen molar-refractivity contribution in [3.63, 3.8) is 0 Å². The van der Waals surface area contributed by atoms with Crippen LogP contribution >= 0.6 is 58.1 Å². The highest BCUT2D eigenvalue weighted by Gasteiger charge is 2.13. The Balaban J connectivity index is 1.42. The van der Waals surface area contributed by atoms with Crippen LogP contribution < -0.4 is 0 Å². The molecule has 0 aliphatic carbocycles. The Morgan fingerprint density at radius 1 is 0.808 bits per heavy atom. The fraction of sp³-hybridized carbons (Fsp3) is 0.118. The average Bonchev–Trinajstić information content (AvgIpc) is 3.21. The maximum absolute atomic E-state index is 5.92. The Morgan fingerprint density at radius 3 is 2.00 bits per heavy atom. The van der Waals surface area contributed by atoms with E-state index in [4.69, 9.17) is 23.2 Å². The van der Waals surface area contributed by atoms with Gasteiger partial charge in [-0.15, -0.1) is 15.3 Å². The third kappa shape index (κ3) is 4.35. The van der Waals surface area contributed by atoms with Gasteiger partial charge in [0, 0.05) is 21.6 Å². The summed E-state index contributed by atoms with van der Waals surface area (Å²) in [6.07, 6.45) is 0. The number of benzene rings is 2. The van der Waals surface area contributed by atoms with Crippen molar-refractivity contribution in [2.24, 2.45) is 0 Å². The highest BCUT2D eigenvalue weighted by Crippen LogP contribution is 2.30. The molecule has 0 aliphatic rings. The molecule has 2 heterocycles. The van der Waals surface area contributed by atoms with E-state index in [1.54, 1.807) is 34.9 Å². The van der Waals surface area contributed by atoms with Crippen molar-refractivity contribution in [1.29, 1.82) is 0 Å². The third-order valence-corrected chi connectivity index (χ3v) is 7.10. The van der Waals surface area contributed by atoms with Crippen LogP contribution in [0, 0.1) is 0 Å². The lowest BCUT2D eigenvalue weighted by Gasteiger charge is -2.00. The highest BCUT2D eigenvalue weighted by atomic mass is 35.5. The van der Waals surface area contributed by atoms with Gasteiger partial charge in [-0.3, -0.25) is 0 Å². The van der Waals surface area contributed by atoms with Crippen molar-refractivity contribution < 1.29 is 0 Å². The molecule has 0 N–H and O–H groups in total. The van der Waals surface area contributed by atoms with E-state index in [0.717, 1.165) is 36.0 Å². The van der Waals surface area contributed by atoms with E-state index in [9.17, 15) is 0 Å². The Labute approximate surface area is 172 Å². The molecule has 0 unspecified atom stereocenters. The van der Waals surface area contributed by atoms with Crippen molar-refractivity contribution >= 4 is 63.0 Å². The molecule has 4 nitrogen and oxygen atoms in total. The van der Waals surface area contributed by atoms with Gasteiger partial charge in [0.15, 0.2) is 4.34 Å². The van der Waals surface area contributed by atoms with Crippen LogP contribution in [0.2, 0.25) is 10.0 Å². The van der Waals surface area contributed by atoms with Gasteiger partial charge in [0.25, 0.3) is 0 Å². The number of fused-ring (bicyclic) bond motifs is 1. The molecule has 0 fully saturated rings. The molecule has 0 radical (unpaired) electrons. The van der Waals surface area contributed by atoms with E-state index in [2.05, 4.69) is 15.3 Å². The highest BCUT2D eigenvalue weighted by molar-refractivity contribution is 8.00. The summed E-state index contributed by atoms with van der Waals surface area (Å²) in [5, 5.41) is 15.4. The molecule has 2 aromatic carbocycles. The second-order valence-corrected chi connectivity index (χ2v) is 9.37. The number of thioether (sulfide) groups is 2. The monoisotopic (exact) mass is 438 g/mol. The largest absolute Gasteiger partial charge is 0.236 e. The second-order valence-electron chi connectivity index (χ2n) is 5.38. The molecule has 4 aromatic rings. The van der Waals surface area contributed by atoms with Crippen LogP contribution in [0.15, 0.2) is 58.0 Å². The van der Waals surface area contributed by atoms with Crippen molar-refractivity contribution in [1.82, 2.24) is 19.8 Å². The van der Waals surface area contributed by atoms with E-state index in [0.29, 0.717) is 0 Å². The molecule has 4 rings (SSSR count). The van der Waals surface area contributed by atoms with E-state index in [1.807, 2.05) is 53.0 Å². The Hall–Kier alpha value is -1.25. The summed E-state index contributed by atoms with van der Waals surface area (Å²) in [4.78, 5) is 0.808. The van der Waals surface area contributed by atoms with E-state index in [-0.39, 0.29) is 0 Å². The lowest BCUT2D eigenvalue weighted by Crippen LogP contribution is -1.90. The third-order valence-electron chi connectivity index (χ3n) is 3.50. The molecule has 0 saturated heterocycles. The summed E-state index contributed by atoms with van der Waals surface area (Å²) < 4.78 is 2.79. The summed E-state index contributed by atoms with van der Waals surface area (Å²) in [6.45, 7) is 0. The molecule has 26 heavy (non-hydrogen) atoms. The van der Waals surface area contributed by atoms with Gasteiger partial charge in [0.2, 0.25) is 10.1 Å². The summed E-state index contributed by atoms with van der Waals surface area (Å²) in [7, 11) is 0. The molecule has 9 heteroatoms. The first-order valence-electron chi connectivity index (χ1n) is 7.64. The van der Waals surface area contributed by atoms with Crippen LogP contribution in [-0.4, -0.2) is 19.8 Å². The molecule has 0 bridgehead atoms. The predicted octanol–water partition coefficient (Wildman–Crippen LogP) is 6.08. The zero-order chi connectivity index (χ0) is 17.9. The molecule has 0 aliphatic heterocycles. The maximum atomic E-state index is 5.92. The normalized spacial score (nSPS) is 11.3. The van der Waals surface area contributed by atoms with Crippen LogP contribution in [0.5, 0.6) is 0 Å². The summed E-state index contributed by atoms with van der Waals surface area (Å²) >= 11 is 16.7. The first-order valence-corrected chi connectivity index (χ1v) is 11.2. The maximum Gasteiger partial charge on any atom is 0.236 e. The van der Waals surface area contributed by atoms with Crippen LogP contribution in [0.25, 0.3) is 4.96 Å². The van der Waals surface area contributed by atoms with Crippen LogP contribution in [0.4, 0.5) is 0 Å². The van der Waals surface area contributed by atoms with Gasteiger partial charge < -0.3 is 0 Å². The van der Waals surface area contributed by atoms with Gasteiger partial charge in [-0.05, 0) is 35.4 Å². The number of halogens is 2. The zero-order valence-electron chi connectivity index (χ0n) is 13.3. The van der Waals surface area contributed by atoms with E-state index < -0.39 is 0 Å². The smallest absolute Gasteiger partial charge is 0.176 e. The number of aromatic nitrogens is 4. The Kier molecular flexibility index (Phi) is 5.71. The minimum absolute atomic E-state index is 0.741. The molecule has 0 amide bonds. The van der Waals surface area contributed by atoms with Gasteiger partial charge in [0.1, 0.15) is 0 Å². The predicted molar refractivity (Wildman–Crippen MR) is 111 cm³/mol. The molecule has 0 atom stereocenters. The molecule has 2 aromatic heterocycles. The fourth-order valence-corrected chi connectivity index (χ4v) is 5.16. The van der Waals surface area contributed by atoms with Gasteiger partial charge >= 0.3 is 0 Å². The number of rotatable bonds is 6. The lowest BCUT2D eigenvalue weighted by atomic mass is 10.2. The molecular weight excluding hydrogens is 427 g/mol. The molecular formula is C17H12Cl2N4S3. The van der Waals surface area contributed by atoms with Crippen molar-refractivity contribution in [3.8, 4) is 0 Å². The van der Waals surface area contributed by atoms with Gasteiger partial charge in [-0.25, -0.2) is 0 Å². The number of nitrogens with zero attached hydrogens (tertiary/aromatic N) is 4. The number of hydrogen-bond acceptors (Lipinski definition) is 6. The minimum Gasteiger partial charge on any atom is -0.176 e. The van der Waals surface area contributed by atoms with Crippen LogP contribution in [-0.2, 0) is 11.5 Å². The summed E-state index contributed by atoms with van der Waals surface area (Å²) in [5.74, 6) is 1.64. The topological polar surface area (TPSA) is 43.1 Å². The van der Waals surface area contributed by atoms with Crippen LogP contribution in [0.1, 0.15) is 11.1 Å². The van der Waals surface area contributed by atoms with Crippen LogP contribution in [0.3, 0.4) is 0 Å².